The average Bonchev–Trinajstić information content (AvgIpc) is 3.17. The predicted molar refractivity (Wildman–Crippen MR) is 132 cm³/mol. The van der Waals surface area contributed by atoms with Crippen molar-refractivity contribution in [3.63, 3.8) is 0 Å². The van der Waals surface area contributed by atoms with Crippen molar-refractivity contribution in [1.29, 1.82) is 0 Å². The summed E-state index contributed by atoms with van der Waals surface area (Å²) in [6.07, 6.45) is 3.10. The van der Waals surface area contributed by atoms with Gasteiger partial charge in [0.2, 0.25) is 0 Å². The zero-order chi connectivity index (χ0) is 25.8. The Morgan fingerprint density at radius 3 is 2.34 bits per heavy atom. The molecule has 1 aromatic carbocycles. The number of carbonyl (C=O) groups excluding carboxylic acids is 1. The van der Waals surface area contributed by atoms with Crippen LogP contribution in [0.25, 0.3) is 5.52 Å². The van der Waals surface area contributed by atoms with Crippen LogP contribution >= 0.6 is 0 Å². The van der Waals surface area contributed by atoms with Crippen molar-refractivity contribution in [1.82, 2.24) is 9.83 Å². The van der Waals surface area contributed by atoms with Gasteiger partial charge in [0.05, 0.1) is 30.3 Å². The van der Waals surface area contributed by atoms with E-state index in [0.29, 0.717) is 5.75 Å². The van der Waals surface area contributed by atoms with E-state index >= 15 is 0 Å². The third-order valence-electron chi connectivity index (χ3n) is 5.14. The molecule has 0 aliphatic carbocycles. The molecule has 2 heterocycles. The van der Waals surface area contributed by atoms with Gasteiger partial charge in [0.1, 0.15) is 27.0 Å². The minimum absolute atomic E-state index is 0.0928. The number of ether oxygens (including phenoxy) is 1. The number of rotatable bonds is 10. The van der Waals surface area contributed by atoms with Crippen LogP contribution in [0.5, 0.6) is 11.5 Å². The predicted octanol–water partition coefficient (Wildman–Crippen LogP) is 2.78. The maximum atomic E-state index is 13.3. The van der Waals surface area contributed by atoms with E-state index < -0.39 is 30.5 Å². The summed E-state index contributed by atoms with van der Waals surface area (Å²) in [5.74, 6) is -1.19. The molecule has 35 heavy (non-hydrogen) atoms. The van der Waals surface area contributed by atoms with E-state index in [1.165, 1.54) is 42.1 Å². The minimum atomic E-state index is -4.14. The Hall–Kier alpha value is -3.38. The molecule has 0 atom stereocenters. The zero-order valence-corrected chi connectivity index (χ0v) is 21.2. The van der Waals surface area contributed by atoms with Crippen LogP contribution in [0.15, 0.2) is 57.5 Å². The second-order valence-electron chi connectivity index (χ2n) is 7.72. The Balaban J connectivity index is 2.18. The van der Waals surface area contributed by atoms with Crippen LogP contribution in [0, 0.1) is 0 Å². The Morgan fingerprint density at radius 1 is 1.06 bits per heavy atom. The highest BCUT2D eigenvalue weighted by Crippen LogP contribution is 2.34. The Kier molecular flexibility index (Phi) is 7.86. The number of benzene rings is 1. The lowest BCUT2D eigenvalue weighted by Crippen LogP contribution is -2.23. The molecule has 0 saturated carbocycles. The smallest absolute Gasteiger partial charge is 0.289 e. The summed E-state index contributed by atoms with van der Waals surface area (Å²) in [6.45, 7) is 3.32. The standard InChI is InChI=1S/C23H27N3O7S2/c1-4-12-34(29,30)21-18-8-6-7-11-26(18)20(22(21)35(31,32)13-5-2)23(28)25-24-15-16-14-17(33-3)9-10-19(16)27/h6-11,14-15,27H,4-5,12-13H2,1-3H3,(H,25,28). The van der Waals surface area contributed by atoms with Crippen LogP contribution in [-0.2, 0) is 19.7 Å². The van der Waals surface area contributed by atoms with Crippen LogP contribution in [-0.4, -0.2) is 57.1 Å². The van der Waals surface area contributed by atoms with Crippen molar-refractivity contribution < 1.29 is 31.5 Å². The van der Waals surface area contributed by atoms with Gasteiger partial charge in [-0.05, 0) is 43.2 Å². The summed E-state index contributed by atoms with van der Waals surface area (Å²) >= 11 is 0. The number of phenols is 1. The van der Waals surface area contributed by atoms with Crippen molar-refractivity contribution in [2.45, 2.75) is 36.5 Å². The first-order valence-corrected chi connectivity index (χ1v) is 14.2. The Labute approximate surface area is 204 Å². The summed E-state index contributed by atoms with van der Waals surface area (Å²) in [4.78, 5) is 12.3. The third kappa shape index (κ3) is 5.33. The number of pyridine rings is 1. The summed E-state index contributed by atoms with van der Waals surface area (Å²) in [6, 6.07) is 9.02. The zero-order valence-electron chi connectivity index (χ0n) is 19.6. The maximum Gasteiger partial charge on any atom is 0.289 e. The lowest BCUT2D eigenvalue weighted by atomic mass is 10.2. The fraction of sp³-hybridized carbons (Fsp3) is 0.304. The molecule has 0 saturated heterocycles. The number of aromatic hydroxyl groups is 1. The number of aromatic nitrogens is 1. The summed E-state index contributed by atoms with van der Waals surface area (Å²) in [5, 5.41) is 13.8. The van der Waals surface area contributed by atoms with Gasteiger partial charge < -0.3 is 14.2 Å². The number of amides is 1. The second-order valence-corrected chi connectivity index (χ2v) is 11.8. The molecule has 0 spiro atoms. The first-order valence-electron chi connectivity index (χ1n) is 10.9. The van der Waals surface area contributed by atoms with Gasteiger partial charge in [0, 0.05) is 11.8 Å². The van der Waals surface area contributed by atoms with Crippen molar-refractivity contribution in [3.05, 3.63) is 53.9 Å². The van der Waals surface area contributed by atoms with Crippen LogP contribution in [0.1, 0.15) is 42.7 Å². The molecule has 0 unspecified atom stereocenters. The molecule has 2 N–H and O–H groups in total. The molecule has 3 aromatic rings. The highest BCUT2D eigenvalue weighted by atomic mass is 32.2. The molecular weight excluding hydrogens is 494 g/mol. The highest BCUT2D eigenvalue weighted by Gasteiger charge is 2.36. The fourth-order valence-corrected chi connectivity index (χ4v) is 7.66. The molecule has 0 aliphatic heterocycles. The van der Waals surface area contributed by atoms with Gasteiger partial charge in [0.25, 0.3) is 5.91 Å². The number of hydrogen-bond acceptors (Lipinski definition) is 8. The van der Waals surface area contributed by atoms with Gasteiger partial charge >= 0.3 is 0 Å². The van der Waals surface area contributed by atoms with Gasteiger partial charge in [-0.3, -0.25) is 4.79 Å². The van der Waals surface area contributed by atoms with Gasteiger partial charge in [-0.2, -0.15) is 5.10 Å². The molecule has 1 amide bonds. The number of phenolic OH excluding ortho intramolecular Hbond substituents is 1. The van der Waals surface area contributed by atoms with E-state index in [1.807, 2.05) is 0 Å². The molecule has 10 nitrogen and oxygen atoms in total. The number of nitrogens with zero attached hydrogens (tertiary/aromatic N) is 2. The van der Waals surface area contributed by atoms with E-state index in [0.717, 1.165) is 0 Å². The van der Waals surface area contributed by atoms with Crippen LogP contribution in [0.4, 0.5) is 0 Å². The van der Waals surface area contributed by atoms with Crippen molar-refractivity contribution >= 4 is 37.3 Å². The van der Waals surface area contributed by atoms with Crippen molar-refractivity contribution in [2.75, 3.05) is 18.6 Å². The lowest BCUT2D eigenvalue weighted by molar-refractivity contribution is 0.0945. The largest absolute Gasteiger partial charge is 0.507 e. The number of nitrogens with one attached hydrogen (secondary N) is 1. The van der Waals surface area contributed by atoms with E-state index in [2.05, 4.69) is 10.5 Å². The molecule has 0 fully saturated rings. The molecule has 0 radical (unpaired) electrons. The third-order valence-corrected chi connectivity index (χ3v) is 9.22. The van der Waals surface area contributed by atoms with E-state index in [4.69, 9.17) is 4.74 Å². The molecule has 3 rings (SSSR count). The Bertz CT molecular complexity index is 1490. The maximum absolute atomic E-state index is 13.3. The molecule has 12 heteroatoms. The van der Waals surface area contributed by atoms with Gasteiger partial charge in [0.15, 0.2) is 19.7 Å². The van der Waals surface area contributed by atoms with E-state index in [1.54, 1.807) is 32.0 Å². The average molecular weight is 522 g/mol. The summed E-state index contributed by atoms with van der Waals surface area (Å²) in [5.41, 5.74) is 2.24. The van der Waals surface area contributed by atoms with Gasteiger partial charge in [-0.25, -0.2) is 22.3 Å². The molecular formula is C23H27N3O7S2. The monoisotopic (exact) mass is 521 g/mol. The van der Waals surface area contributed by atoms with Gasteiger partial charge in [-0.15, -0.1) is 0 Å². The summed E-state index contributed by atoms with van der Waals surface area (Å²) in [7, 11) is -6.71. The van der Waals surface area contributed by atoms with Crippen LogP contribution < -0.4 is 10.2 Å². The highest BCUT2D eigenvalue weighted by molar-refractivity contribution is 7.94. The van der Waals surface area contributed by atoms with Crippen molar-refractivity contribution in [3.8, 4) is 11.5 Å². The lowest BCUT2D eigenvalue weighted by Gasteiger charge is -2.09. The number of carbonyl (C=O) groups is 1. The minimum Gasteiger partial charge on any atom is -0.507 e. The van der Waals surface area contributed by atoms with Crippen LogP contribution in [0.3, 0.4) is 0 Å². The quantitative estimate of drug-likeness (QED) is 0.308. The first kappa shape index (κ1) is 26.2. The molecule has 0 bridgehead atoms. The Morgan fingerprint density at radius 2 is 1.71 bits per heavy atom. The number of methoxy groups -OCH3 is 1. The van der Waals surface area contributed by atoms with Crippen LogP contribution in [0.2, 0.25) is 0 Å². The number of sulfone groups is 2. The first-order chi connectivity index (χ1) is 16.6. The molecule has 188 valence electrons. The van der Waals surface area contributed by atoms with Crippen molar-refractivity contribution in [2.24, 2.45) is 5.10 Å². The normalized spacial score (nSPS) is 12.3. The number of fused-ring (bicyclic) bond motifs is 1. The van der Waals surface area contributed by atoms with Gasteiger partial charge in [-0.1, -0.05) is 19.9 Å². The summed E-state index contributed by atoms with van der Waals surface area (Å²) < 4.78 is 59.2. The SMILES string of the molecule is CCCS(=O)(=O)c1c(S(=O)(=O)CCC)c2ccccn2c1C(=O)NN=Cc1cc(OC)ccc1O. The topological polar surface area (TPSA) is 144 Å². The fourth-order valence-electron chi connectivity index (χ4n) is 3.68. The molecule has 2 aromatic heterocycles. The number of hydrogen-bond donors (Lipinski definition) is 2. The van der Waals surface area contributed by atoms with E-state index in [-0.39, 0.29) is 51.8 Å². The second kappa shape index (κ2) is 10.5. The number of hydrazone groups is 1. The molecule has 0 aliphatic rings. The van der Waals surface area contributed by atoms with E-state index in [9.17, 15) is 26.7 Å².